The van der Waals surface area contributed by atoms with Crippen molar-refractivity contribution in [2.75, 3.05) is 18.8 Å². The number of aryl methyl sites for hydroxylation is 1. The quantitative estimate of drug-likeness (QED) is 0.169. The number of aliphatic imine (C=N–C) groups is 1. The monoisotopic (exact) mass is 304 g/mol. The average molecular weight is 304 g/mol. The maximum Gasteiger partial charge on any atom is 0.204 e. The summed E-state index contributed by atoms with van der Waals surface area (Å²) in [4.78, 5) is 11.5. The van der Waals surface area contributed by atoms with Gasteiger partial charge in [-0.1, -0.05) is 0 Å². The van der Waals surface area contributed by atoms with Gasteiger partial charge in [0.15, 0.2) is 6.19 Å². The molecule has 0 radical (unpaired) electrons. The molecule has 3 N–H and O–H groups in total. The molecular weight excluding hydrogens is 284 g/mol. The van der Waals surface area contributed by atoms with Gasteiger partial charge in [0.05, 0.1) is 12.0 Å². The highest BCUT2D eigenvalue weighted by Gasteiger charge is 2.01. The molecule has 1 aromatic rings. The summed E-state index contributed by atoms with van der Waals surface area (Å²) >= 11 is 1.79. The lowest BCUT2D eigenvalue weighted by Crippen LogP contribution is -2.36. The molecule has 0 spiro atoms. The maximum absolute atomic E-state index is 8.67. The number of guanidine groups is 1. The van der Waals surface area contributed by atoms with Crippen LogP contribution in [-0.2, 0) is 5.75 Å². The number of H-pyrrole nitrogens is 1. The second-order valence-corrected chi connectivity index (χ2v) is 5.33. The van der Waals surface area contributed by atoms with E-state index < -0.39 is 0 Å². The van der Waals surface area contributed by atoms with E-state index in [-0.39, 0.29) is 0 Å². The van der Waals surface area contributed by atoms with Gasteiger partial charge < -0.3 is 10.3 Å². The molecule has 6 nitrogen and oxygen atoms in total. The summed E-state index contributed by atoms with van der Waals surface area (Å²) in [6, 6.07) is 0. The summed E-state index contributed by atoms with van der Waals surface area (Å²) in [5.74, 6) is 4.88. The Morgan fingerprint density at radius 1 is 1.62 bits per heavy atom. The van der Waals surface area contributed by atoms with E-state index in [9.17, 15) is 0 Å². The van der Waals surface area contributed by atoms with Crippen LogP contribution in [-0.4, -0.2) is 34.8 Å². The Kier molecular flexibility index (Phi) is 8.58. The lowest BCUT2D eigenvalue weighted by atomic mass is 10.3. The number of nitriles is 1. The molecule has 0 aliphatic rings. The van der Waals surface area contributed by atoms with Crippen LogP contribution in [0.4, 0.5) is 0 Å². The van der Waals surface area contributed by atoms with Crippen LogP contribution >= 0.6 is 11.8 Å². The van der Waals surface area contributed by atoms with Crippen molar-refractivity contribution >= 4 is 17.7 Å². The fourth-order valence-electron chi connectivity index (χ4n) is 1.52. The number of imidazole rings is 1. The highest BCUT2D eigenvalue weighted by molar-refractivity contribution is 7.98. The van der Waals surface area contributed by atoms with Gasteiger partial charge >= 0.3 is 0 Å². The predicted molar refractivity (Wildman–Crippen MR) is 86.6 cm³/mol. The van der Waals surface area contributed by atoms with Crippen LogP contribution in [0.3, 0.4) is 0 Å². The summed E-state index contributed by atoms with van der Waals surface area (Å²) in [6.45, 7) is 3.34. The van der Waals surface area contributed by atoms with Crippen molar-refractivity contribution in [2.45, 2.75) is 25.5 Å². The molecule has 0 aromatic carbocycles. The van der Waals surface area contributed by atoms with E-state index in [1.54, 1.807) is 18.1 Å². The fraction of sp³-hybridized carbons (Fsp3) is 0.500. The largest absolute Gasteiger partial charge is 0.355 e. The van der Waals surface area contributed by atoms with Crippen molar-refractivity contribution in [3.05, 3.63) is 17.7 Å². The molecule has 0 bridgehead atoms. The number of unbranched alkanes of at least 4 members (excludes halogenated alkanes) is 1. The van der Waals surface area contributed by atoms with E-state index in [0.29, 0.717) is 18.9 Å². The minimum absolute atomic E-state index is 0.507. The summed E-state index contributed by atoms with van der Waals surface area (Å²) < 4.78 is 0. The molecule has 0 unspecified atom stereocenters. The van der Waals surface area contributed by atoms with Crippen LogP contribution in [0.2, 0.25) is 0 Å². The SMILES string of the molecule is C#CCCC/N=C(\NC#N)NCCSCc1[nH]cnc1C. The Hall–Kier alpha value is -2.12. The van der Waals surface area contributed by atoms with E-state index in [1.165, 1.54) is 0 Å². The van der Waals surface area contributed by atoms with Crippen LogP contribution in [0.25, 0.3) is 0 Å². The number of thioether (sulfide) groups is 1. The van der Waals surface area contributed by atoms with Crippen molar-refractivity contribution in [3.8, 4) is 18.5 Å². The second-order valence-electron chi connectivity index (χ2n) is 4.22. The lowest BCUT2D eigenvalue weighted by molar-refractivity contribution is 0.841. The molecule has 0 saturated heterocycles. The molecule has 0 aliphatic heterocycles. The number of nitrogens with one attached hydrogen (secondary N) is 3. The van der Waals surface area contributed by atoms with E-state index in [2.05, 4.69) is 31.5 Å². The van der Waals surface area contributed by atoms with Gasteiger partial charge in [-0.3, -0.25) is 10.3 Å². The van der Waals surface area contributed by atoms with Gasteiger partial charge in [0.1, 0.15) is 0 Å². The van der Waals surface area contributed by atoms with Crippen molar-refractivity contribution in [1.82, 2.24) is 20.6 Å². The number of nitrogens with zero attached hydrogens (tertiary/aromatic N) is 3. The average Bonchev–Trinajstić information content (AvgIpc) is 2.88. The normalized spacial score (nSPS) is 10.7. The molecule has 0 aliphatic carbocycles. The van der Waals surface area contributed by atoms with Crippen molar-refractivity contribution < 1.29 is 0 Å². The zero-order valence-corrected chi connectivity index (χ0v) is 13.0. The second kappa shape index (κ2) is 10.6. The van der Waals surface area contributed by atoms with Gasteiger partial charge in [-0.05, 0) is 13.3 Å². The first-order valence-electron chi connectivity index (χ1n) is 6.71. The number of aromatic amines is 1. The van der Waals surface area contributed by atoms with Gasteiger partial charge in [-0.25, -0.2) is 4.98 Å². The molecule has 1 aromatic heterocycles. The molecule has 112 valence electrons. The predicted octanol–water partition coefficient (Wildman–Crippen LogP) is 1.38. The third-order valence-electron chi connectivity index (χ3n) is 2.64. The smallest absolute Gasteiger partial charge is 0.204 e. The van der Waals surface area contributed by atoms with Gasteiger partial charge in [0.2, 0.25) is 5.96 Å². The fourth-order valence-corrected chi connectivity index (χ4v) is 2.40. The molecule has 0 saturated carbocycles. The Morgan fingerprint density at radius 3 is 3.14 bits per heavy atom. The maximum atomic E-state index is 8.67. The summed E-state index contributed by atoms with van der Waals surface area (Å²) in [7, 11) is 0. The van der Waals surface area contributed by atoms with E-state index >= 15 is 0 Å². The molecule has 1 heterocycles. The molecule has 21 heavy (non-hydrogen) atoms. The Morgan fingerprint density at radius 2 is 2.48 bits per heavy atom. The lowest BCUT2D eigenvalue weighted by Gasteiger charge is -2.07. The van der Waals surface area contributed by atoms with Crippen LogP contribution in [0.5, 0.6) is 0 Å². The first-order valence-corrected chi connectivity index (χ1v) is 7.87. The van der Waals surface area contributed by atoms with Crippen molar-refractivity contribution in [1.29, 1.82) is 5.26 Å². The molecule has 7 heteroatoms. The van der Waals surface area contributed by atoms with E-state index in [0.717, 1.165) is 35.9 Å². The van der Waals surface area contributed by atoms with E-state index in [4.69, 9.17) is 11.7 Å². The van der Waals surface area contributed by atoms with Gasteiger partial charge in [-0.15, -0.1) is 12.3 Å². The summed E-state index contributed by atoms with van der Waals surface area (Å²) in [6.07, 6.45) is 10.3. The first-order chi connectivity index (χ1) is 10.3. The number of hydrogen-bond acceptors (Lipinski definition) is 4. The Labute approximate surface area is 129 Å². The number of aromatic nitrogens is 2. The van der Waals surface area contributed by atoms with Gasteiger partial charge in [-0.2, -0.15) is 17.0 Å². The van der Waals surface area contributed by atoms with Gasteiger partial charge in [0.25, 0.3) is 0 Å². The van der Waals surface area contributed by atoms with Crippen LogP contribution in [0.1, 0.15) is 24.2 Å². The molecule has 1 rings (SSSR count). The number of rotatable bonds is 8. The topological polar surface area (TPSA) is 88.9 Å². The third kappa shape index (κ3) is 7.28. The standard InChI is InChI=1S/C14H20N6S/c1-3-4-5-6-16-14(18-10-15)17-7-8-21-9-13-12(2)19-11-20-13/h1,11H,4-9H2,2H3,(H,19,20)(H2,16,17,18). The zero-order valence-electron chi connectivity index (χ0n) is 12.1. The minimum Gasteiger partial charge on any atom is -0.355 e. The highest BCUT2D eigenvalue weighted by atomic mass is 32.2. The number of terminal acetylenes is 1. The highest BCUT2D eigenvalue weighted by Crippen LogP contribution is 2.11. The van der Waals surface area contributed by atoms with Crippen molar-refractivity contribution in [2.24, 2.45) is 4.99 Å². The Balaban J connectivity index is 2.20. The van der Waals surface area contributed by atoms with Crippen LogP contribution < -0.4 is 10.6 Å². The minimum atomic E-state index is 0.507. The molecular formula is C14H20N6S. The summed E-state index contributed by atoms with van der Waals surface area (Å²) in [5.41, 5.74) is 2.19. The third-order valence-corrected chi connectivity index (χ3v) is 3.63. The van der Waals surface area contributed by atoms with Crippen LogP contribution in [0.15, 0.2) is 11.3 Å². The van der Waals surface area contributed by atoms with E-state index in [1.807, 2.05) is 13.1 Å². The zero-order chi connectivity index (χ0) is 15.3. The first kappa shape index (κ1) is 16.9. The Bertz CT molecular complexity index is 522. The van der Waals surface area contributed by atoms with Crippen LogP contribution in [0, 0.1) is 30.7 Å². The van der Waals surface area contributed by atoms with Gasteiger partial charge in [0, 0.05) is 36.7 Å². The number of hydrogen-bond donors (Lipinski definition) is 3. The molecule has 0 fully saturated rings. The summed E-state index contributed by atoms with van der Waals surface area (Å²) in [5, 5.41) is 14.3. The van der Waals surface area contributed by atoms with Crippen molar-refractivity contribution in [3.63, 3.8) is 0 Å². The molecule has 0 amide bonds. The molecule has 0 atom stereocenters.